The van der Waals surface area contributed by atoms with Gasteiger partial charge in [0.1, 0.15) is 12.3 Å². The van der Waals surface area contributed by atoms with Gasteiger partial charge in [0, 0.05) is 24.4 Å². The molecule has 0 saturated heterocycles. The topological polar surface area (TPSA) is 102 Å². The molecule has 9 nitrogen and oxygen atoms in total. The third kappa shape index (κ3) is 5.16. The van der Waals surface area contributed by atoms with E-state index in [-0.39, 0.29) is 24.9 Å². The van der Waals surface area contributed by atoms with Crippen LogP contribution in [0.4, 0.5) is 5.69 Å². The molecule has 2 aromatic carbocycles. The Hall–Kier alpha value is -3.75. The number of carbonyl (C=O) groups is 2. The first-order valence-electron chi connectivity index (χ1n) is 8.98. The summed E-state index contributed by atoms with van der Waals surface area (Å²) in [6.45, 7) is 1.74. The second-order valence-electron chi connectivity index (χ2n) is 6.49. The SMILES string of the molecule is COc1cccc(NC(=O)CN(C)C(=O)Cn2nnc(-c3ccccc3C)n2)c1. The number of amides is 2. The number of nitrogens with zero attached hydrogens (tertiary/aromatic N) is 5. The van der Waals surface area contributed by atoms with E-state index in [1.807, 2.05) is 31.2 Å². The maximum atomic E-state index is 12.4. The summed E-state index contributed by atoms with van der Waals surface area (Å²) in [6, 6.07) is 14.7. The van der Waals surface area contributed by atoms with Crippen molar-refractivity contribution in [2.45, 2.75) is 13.5 Å². The monoisotopic (exact) mass is 394 g/mol. The van der Waals surface area contributed by atoms with Gasteiger partial charge >= 0.3 is 0 Å². The number of nitrogens with one attached hydrogen (secondary N) is 1. The van der Waals surface area contributed by atoms with Crippen molar-refractivity contribution in [2.75, 3.05) is 26.0 Å². The Morgan fingerprint density at radius 3 is 2.72 bits per heavy atom. The minimum Gasteiger partial charge on any atom is -0.497 e. The molecule has 150 valence electrons. The number of hydrogen-bond donors (Lipinski definition) is 1. The lowest BCUT2D eigenvalue weighted by Gasteiger charge is -2.16. The first kappa shape index (κ1) is 20.0. The standard InChI is InChI=1S/C20H22N6O3/c1-14-7-4-5-10-17(14)20-22-24-26(23-20)13-19(28)25(2)12-18(27)21-15-8-6-9-16(11-15)29-3/h4-11H,12-13H2,1-3H3,(H,21,27). The number of likely N-dealkylation sites (N-methyl/N-ethyl adjacent to an activating group) is 1. The number of hydrogen-bond acceptors (Lipinski definition) is 6. The van der Waals surface area contributed by atoms with Crippen LogP contribution in [-0.2, 0) is 16.1 Å². The summed E-state index contributed by atoms with van der Waals surface area (Å²) in [5.74, 6) is 0.462. The Labute approximate surface area is 168 Å². The molecule has 0 radical (unpaired) electrons. The van der Waals surface area contributed by atoms with Gasteiger partial charge in [-0.05, 0) is 29.8 Å². The van der Waals surface area contributed by atoms with Gasteiger partial charge in [0.2, 0.25) is 17.6 Å². The largest absolute Gasteiger partial charge is 0.497 e. The Morgan fingerprint density at radius 1 is 1.17 bits per heavy atom. The molecule has 0 unspecified atom stereocenters. The highest BCUT2D eigenvalue weighted by molar-refractivity contribution is 5.94. The van der Waals surface area contributed by atoms with Gasteiger partial charge in [-0.15, -0.1) is 10.2 Å². The van der Waals surface area contributed by atoms with E-state index in [0.717, 1.165) is 11.1 Å². The van der Waals surface area contributed by atoms with Crippen molar-refractivity contribution in [3.63, 3.8) is 0 Å². The highest BCUT2D eigenvalue weighted by Gasteiger charge is 2.16. The number of methoxy groups -OCH3 is 1. The fourth-order valence-electron chi connectivity index (χ4n) is 2.69. The number of tetrazole rings is 1. The Balaban J connectivity index is 1.56. The highest BCUT2D eigenvalue weighted by atomic mass is 16.5. The first-order valence-corrected chi connectivity index (χ1v) is 8.98. The third-order valence-electron chi connectivity index (χ3n) is 4.28. The van der Waals surface area contributed by atoms with Crippen molar-refractivity contribution in [1.29, 1.82) is 0 Å². The van der Waals surface area contributed by atoms with Crippen molar-refractivity contribution in [3.8, 4) is 17.1 Å². The molecular weight excluding hydrogens is 372 g/mol. The zero-order valence-electron chi connectivity index (χ0n) is 16.5. The normalized spacial score (nSPS) is 10.4. The van der Waals surface area contributed by atoms with Crippen LogP contribution in [0.1, 0.15) is 5.56 Å². The summed E-state index contributed by atoms with van der Waals surface area (Å²) in [6.07, 6.45) is 0. The molecule has 0 atom stereocenters. The van der Waals surface area contributed by atoms with E-state index in [2.05, 4.69) is 20.7 Å². The predicted molar refractivity (Wildman–Crippen MR) is 107 cm³/mol. The average Bonchev–Trinajstić information content (AvgIpc) is 3.16. The maximum Gasteiger partial charge on any atom is 0.246 e. The Morgan fingerprint density at radius 2 is 1.97 bits per heavy atom. The van der Waals surface area contributed by atoms with Crippen molar-refractivity contribution in [1.82, 2.24) is 25.1 Å². The van der Waals surface area contributed by atoms with Crippen molar-refractivity contribution < 1.29 is 14.3 Å². The second kappa shape index (κ2) is 8.96. The molecule has 0 bridgehead atoms. The van der Waals surface area contributed by atoms with Gasteiger partial charge < -0.3 is 15.0 Å². The van der Waals surface area contributed by atoms with Crippen LogP contribution >= 0.6 is 0 Å². The fourth-order valence-corrected chi connectivity index (χ4v) is 2.69. The Bertz CT molecular complexity index is 1020. The molecule has 29 heavy (non-hydrogen) atoms. The minimum atomic E-state index is -0.318. The van der Waals surface area contributed by atoms with Gasteiger partial charge in [-0.2, -0.15) is 4.80 Å². The van der Waals surface area contributed by atoms with Gasteiger partial charge in [0.25, 0.3) is 0 Å². The smallest absolute Gasteiger partial charge is 0.246 e. The maximum absolute atomic E-state index is 12.4. The molecule has 0 saturated carbocycles. The summed E-state index contributed by atoms with van der Waals surface area (Å²) in [5.41, 5.74) is 2.47. The van der Waals surface area contributed by atoms with Crippen LogP contribution in [0.2, 0.25) is 0 Å². The van der Waals surface area contributed by atoms with Crippen LogP contribution < -0.4 is 10.1 Å². The number of benzene rings is 2. The van der Waals surface area contributed by atoms with E-state index in [1.165, 1.54) is 9.70 Å². The van der Waals surface area contributed by atoms with Crippen molar-refractivity contribution in [3.05, 3.63) is 54.1 Å². The quantitative estimate of drug-likeness (QED) is 0.655. The molecule has 3 rings (SSSR count). The number of anilines is 1. The van der Waals surface area contributed by atoms with Crippen molar-refractivity contribution in [2.24, 2.45) is 0 Å². The lowest BCUT2D eigenvalue weighted by molar-refractivity contribution is -0.134. The molecule has 0 spiro atoms. The third-order valence-corrected chi connectivity index (χ3v) is 4.28. The molecule has 0 fully saturated rings. The summed E-state index contributed by atoms with van der Waals surface area (Å²) >= 11 is 0. The lowest BCUT2D eigenvalue weighted by atomic mass is 10.1. The van der Waals surface area contributed by atoms with Gasteiger partial charge in [-0.1, -0.05) is 30.3 Å². The van der Waals surface area contributed by atoms with Crippen LogP contribution in [0.25, 0.3) is 11.4 Å². The predicted octanol–water partition coefficient (Wildman–Crippen LogP) is 1.75. The molecule has 0 aliphatic rings. The van der Waals surface area contributed by atoms with E-state index in [4.69, 9.17) is 4.74 Å². The molecule has 9 heteroatoms. The molecule has 0 aliphatic heterocycles. The van der Waals surface area contributed by atoms with E-state index >= 15 is 0 Å². The van der Waals surface area contributed by atoms with E-state index < -0.39 is 0 Å². The number of aromatic nitrogens is 4. The fraction of sp³-hybridized carbons (Fsp3) is 0.250. The highest BCUT2D eigenvalue weighted by Crippen LogP contribution is 2.18. The number of aryl methyl sites for hydroxylation is 1. The molecular formula is C20H22N6O3. The van der Waals surface area contributed by atoms with E-state index in [0.29, 0.717) is 17.3 Å². The van der Waals surface area contributed by atoms with E-state index in [1.54, 1.807) is 38.4 Å². The van der Waals surface area contributed by atoms with Gasteiger partial charge in [-0.25, -0.2) is 0 Å². The van der Waals surface area contributed by atoms with Crippen LogP contribution in [0.3, 0.4) is 0 Å². The summed E-state index contributed by atoms with van der Waals surface area (Å²) in [5, 5.41) is 14.9. The molecule has 1 heterocycles. The summed E-state index contributed by atoms with van der Waals surface area (Å²) < 4.78 is 5.12. The summed E-state index contributed by atoms with van der Waals surface area (Å²) in [4.78, 5) is 27.2. The van der Waals surface area contributed by atoms with Crippen LogP contribution in [0, 0.1) is 6.92 Å². The minimum absolute atomic E-state index is 0.102. The zero-order valence-corrected chi connectivity index (χ0v) is 16.5. The van der Waals surface area contributed by atoms with Gasteiger partial charge in [-0.3, -0.25) is 9.59 Å². The van der Waals surface area contributed by atoms with Crippen LogP contribution in [-0.4, -0.2) is 57.6 Å². The summed E-state index contributed by atoms with van der Waals surface area (Å²) in [7, 11) is 3.10. The second-order valence-corrected chi connectivity index (χ2v) is 6.49. The number of rotatable bonds is 7. The zero-order chi connectivity index (χ0) is 20.8. The molecule has 2 amide bonds. The van der Waals surface area contributed by atoms with Crippen LogP contribution in [0.15, 0.2) is 48.5 Å². The van der Waals surface area contributed by atoms with Crippen molar-refractivity contribution >= 4 is 17.5 Å². The molecule has 1 aromatic heterocycles. The van der Waals surface area contributed by atoms with E-state index in [9.17, 15) is 9.59 Å². The van der Waals surface area contributed by atoms with Gasteiger partial charge in [0.05, 0.1) is 13.7 Å². The Kier molecular flexibility index (Phi) is 6.18. The van der Waals surface area contributed by atoms with Crippen LogP contribution in [0.5, 0.6) is 5.75 Å². The average molecular weight is 394 g/mol. The number of carbonyl (C=O) groups excluding carboxylic acids is 2. The molecule has 1 N–H and O–H groups in total. The lowest BCUT2D eigenvalue weighted by Crippen LogP contribution is -2.37. The van der Waals surface area contributed by atoms with Gasteiger partial charge in [0.15, 0.2) is 0 Å². The molecule has 3 aromatic rings. The first-order chi connectivity index (χ1) is 14.0. The number of ether oxygens (including phenoxy) is 1. The molecule has 0 aliphatic carbocycles.